The second-order valence-corrected chi connectivity index (χ2v) is 3.84. The van der Waals surface area contributed by atoms with E-state index in [-0.39, 0.29) is 0 Å². The van der Waals surface area contributed by atoms with E-state index >= 15 is 0 Å². The Hall–Kier alpha value is -0.0400. The van der Waals surface area contributed by atoms with Gasteiger partial charge in [-0.3, -0.25) is 0 Å². The third-order valence-corrected chi connectivity index (χ3v) is 2.84. The Bertz CT molecular complexity index is 101. The molecule has 1 nitrogen and oxygen atoms in total. The van der Waals surface area contributed by atoms with Gasteiger partial charge in [-0.25, -0.2) is 0 Å². The topological polar surface area (TPSA) is 20.2 Å². The molecule has 10 heavy (non-hydrogen) atoms. The van der Waals surface area contributed by atoms with E-state index in [0.29, 0.717) is 12.5 Å². The quantitative estimate of drug-likeness (QED) is 0.594. The highest BCUT2D eigenvalue weighted by molar-refractivity contribution is 4.74. The fourth-order valence-electron chi connectivity index (χ4n) is 2.00. The summed E-state index contributed by atoms with van der Waals surface area (Å²) in [6.45, 7) is 4.97. The average Bonchev–Trinajstić information content (AvgIpc) is 1.88. The maximum Gasteiger partial charge on any atom is 0.0461 e. The summed E-state index contributed by atoms with van der Waals surface area (Å²) in [7, 11) is 0. The minimum absolute atomic E-state index is 0.397. The molecule has 1 aliphatic carbocycles. The molecule has 1 fully saturated rings. The number of hydrogen-bond donors (Lipinski definition) is 1. The van der Waals surface area contributed by atoms with Crippen LogP contribution in [0.25, 0.3) is 0 Å². The van der Waals surface area contributed by atoms with E-state index in [9.17, 15) is 0 Å². The van der Waals surface area contributed by atoms with Gasteiger partial charge in [-0.1, -0.05) is 20.3 Å². The fraction of sp³-hybridized carbons (Fsp3) is 1.00. The lowest BCUT2D eigenvalue weighted by molar-refractivity contribution is 0.122. The van der Waals surface area contributed by atoms with Gasteiger partial charge in [0.05, 0.1) is 0 Å². The third kappa shape index (κ3) is 1.72. The monoisotopic (exact) mass is 142 g/mol. The van der Waals surface area contributed by atoms with E-state index in [1.807, 2.05) is 0 Å². The Kier molecular flexibility index (Phi) is 2.72. The van der Waals surface area contributed by atoms with Gasteiger partial charge in [0.25, 0.3) is 0 Å². The van der Waals surface area contributed by atoms with E-state index < -0.39 is 0 Å². The van der Waals surface area contributed by atoms with Crippen LogP contribution >= 0.6 is 0 Å². The van der Waals surface area contributed by atoms with E-state index in [1.165, 1.54) is 19.3 Å². The molecule has 60 valence electrons. The average molecular weight is 142 g/mol. The first kappa shape index (κ1) is 8.06. The summed E-state index contributed by atoms with van der Waals surface area (Å²) in [6.07, 6.45) is 3.86. The van der Waals surface area contributed by atoms with Crippen molar-refractivity contribution in [2.24, 2.45) is 17.8 Å². The predicted octanol–water partition coefficient (Wildman–Crippen LogP) is 2.05. The van der Waals surface area contributed by atoms with Crippen molar-refractivity contribution in [2.75, 3.05) is 6.61 Å². The number of rotatable bonds is 1. The van der Waals surface area contributed by atoms with E-state index in [4.69, 9.17) is 5.11 Å². The predicted molar refractivity (Wildman–Crippen MR) is 42.8 cm³/mol. The highest BCUT2D eigenvalue weighted by atomic mass is 16.3. The Morgan fingerprint density at radius 2 is 2.00 bits per heavy atom. The zero-order valence-corrected chi connectivity index (χ0v) is 7.01. The Balaban J connectivity index is 2.36. The van der Waals surface area contributed by atoms with Gasteiger partial charge >= 0.3 is 0 Å². The lowest BCUT2D eigenvalue weighted by atomic mass is 9.76. The van der Waals surface area contributed by atoms with Gasteiger partial charge in [0.1, 0.15) is 0 Å². The molecule has 0 radical (unpaired) electrons. The molecule has 1 aliphatic rings. The first-order valence-corrected chi connectivity index (χ1v) is 4.35. The molecule has 1 heteroatoms. The van der Waals surface area contributed by atoms with E-state index in [0.717, 1.165) is 11.8 Å². The molecule has 1 N–H and O–H groups in total. The minimum atomic E-state index is 0.397. The molecule has 0 amide bonds. The van der Waals surface area contributed by atoms with Crippen molar-refractivity contribution >= 4 is 0 Å². The molecule has 0 aromatic heterocycles. The van der Waals surface area contributed by atoms with Gasteiger partial charge in [0.2, 0.25) is 0 Å². The first-order chi connectivity index (χ1) is 4.74. The van der Waals surface area contributed by atoms with Crippen LogP contribution in [0.15, 0.2) is 0 Å². The van der Waals surface area contributed by atoms with Crippen molar-refractivity contribution in [3.8, 4) is 0 Å². The first-order valence-electron chi connectivity index (χ1n) is 4.35. The summed E-state index contributed by atoms with van der Waals surface area (Å²) in [6, 6.07) is 0. The molecule has 3 atom stereocenters. The molecule has 0 aromatic rings. The van der Waals surface area contributed by atoms with Crippen molar-refractivity contribution < 1.29 is 5.11 Å². The molecule has 0 unspecified atom stereocenters. The van der Waals surface area contributed by atoms with Crippen LogP contribution in [0, 0.1) is 17.8 Å². The Morgan fingerprint density at radius 1 is 1.30 bits per heavy atom. The van der Waals surface area contributed by atoms with Crippen molar-refractivity contribution in [1.29, 1.82) is 0 Å². The Labute approximate surface area is 63.4 Å². The van der Waals surface area contributed by atoms with Gasteiger partial charge in [-0.05, 0) is 30.6 Å². The zero-order valence-electron chi connectivity index (χ0n) is 7.01. The van der Waals surface area contributed by atoms with Crippen LogP contribution in [0.3, 0.4) is 0 Å². The summed E-state index contributed by atoms with van der Waals surface area (Å²) < 4.78 is 0. The smallest absolute Gasteiger partial charge is 0.0461 e. The van der Waals surface area contributed by atoms with Crippen molar-refractivity contribution in [3.63, 3.8) is 0 Å². The lowest BCUT2D eigenvalue weighted by Gasteiger charge is -2.31. The SMILES string of the molecule is C[C@H]1CC[C@H](CO)[C@H](C)C1. The highest BCUT2D eigenvalue weighted by Crippen LogP contribution is 2.32. The summed E-state index contributed by atoms with van der Waals surface area (Å²) in [5.41, 5.74) is 0. The van der Waals surface area contributed by atoms with Gasteiger partial charge in [-0.15, -0.1) is 0 Å². The third-order valence-electron chi connectivity index (χ3n) is 2.84. The van der Waals surface area contributed by atoms with Gasteiger partial charge in [0.15, 0.2) is 0 Å². The summed E-state index contributed by atoms with van der Waals surface area (Å²) >= 11 is 0. The summed E-state index contributed by atoms with van der Waals surface area (Å²) in [4.78, 5) is 0. The molecule has 0 bridgehead atoms. The number of aliphatic hydroxyl groups excluding tert-OH is 1. The van der Waals surface area contributed by atoms with Crippen LogP contribution in [0.4, 0.5) is 0 Å². The van der Waals surface area contributed by atoms with Crippen LogP contribution in [-0.2, 0) is 0 Å². The number of hydrogen-bond acceptors (Lipinski definition) is 1. The fourth-order valence-corrected chi connectivity index (χ4v) is 2.00. The Morgan fingerprint density at radius 3 is 2.50 bits per heavy atom. The molecule has 0 spiro atoms. The second kappa shape index (κ2) is 3.38. The largest absolute Gasteiger partial charge is 0.396 e. The van der Waals surface area contributed by atoms with Gasteiger partial charge in [-0.2, -0.15) is 0 Å². The van der Waals surface area contributed by atoms with Crippen LogP contribution < -0.4 is 0 Å². The standard InChI is InChI=1S/C9H18O/c1-7-3-4-9(6-10)8(2)5-7/h7-10H,3-6H2,1-2H3/t7-,8+,9+/m0/s1. The molecule has 1 rings (SSSR count). The number of aliphatic hydroxyl groups is 1. The van der Waals surface area contributed by atoms with Crippen molar-refractivity contribution in [3.05, 3.63) is 0 Å². The van der Waals surface area contributed by atoms with Crippen LogP contribution in [-0.4, -0.2) is 11.7 Å². The zero-order chi connectivity index (χ0) is 7.56. The molecular weight excluding hydrogens is 124 g/mol. The maximum atomic E-state index is 8.95. The van der Waals surface area contributed by atoms with Crippen LogP contribution in [0.5, 0.6) is 0 Å². The minimum Gasteiger partial charge on any atom is -0.396 e. The van der Waals surface area contributed by atoms with Gasteiger partial charge in [0, 0.05) is 6.61 Å². The van der Waals surface area contributed by atoms with Crippen LogP contribution in [0.2, 0.25) is 0 Å². The van der Waals surface area contributed by atoms with E-state index in [2.05, 4.69) is 13.8 Å². The summed E-state index contributed by atoms with van der Waals surface area (Å²) in [5.74, 6) is 2.22. The highest BCUT2D eigenvalue weighted by Gasteiger charge is 2.23. The lowest BCUT2D eigenvalue weighted by Crippen LogP contribution is -2.23. The normalized spacial score (nSPS) is 41.7. The second-order valence-electron chi connectivity index (χ2n) is 3.84. The molecule has 0 aromatic carbocycles. The summed E-state index contributed by atoms with van der Waals surface area (Å²) in [5, 5.41) is 8.95. The van der Waals surface area contributed by atoms with Gasteiger partial charge < -0.3 is 5.11 Å². The maximum absolute atomic E-state index is 8.95. The van der Waals surface area contributed by atoms with Crippen molar-refractivity contribution in [1.82, 2.24) is 0 Å². The van der Waals surface area contributed by atoms with E-state index in [1.54, 1.807) is 0 Å². The molecule has 0 saturated heterocycles. The van der Waals surface area contributed by atoms with Crippen LogP contribution in [0.1, 0.15) is 33.1 Å². The molecule has 1 saturated carbocycles. The molecular formula is C9H18O. The molecule has 0 heterocycles. The molecule has 0 aliphatic heterocycles. The van der Waals surface area contributed by atoms with Crippen molar-refractivity contribution in [2.45, 2.75) is 33.1 Å².